The first-order valence-corrected chi connectivity index (χ1v) is 3.72. The van der Waals surface area contributed by atoms with Crippen LogP contribution < -0.4 is 4.57 Å². The number of nitrogens with zero attached hydrogens (tertiary/aromatic N) is 3. The molecule has 0 N–H and O–H groups in total. The van der Waals surface area contributed by atoms with E-state index < -0.39 is 0 Å². The zero-order valence-electron chi connectivity index (χ0n) is 6.44. The highest BCUT2D eigenvalue weighted by molar-refractivity contribution is 5.26. The molecule has 0 aliphatic heterocycles. The number of aryl methyl sites for hydroxylation is 1. The van der Waals surface area contributed by atoms with Crippen molar-refractivity contribution >= 4 is 5.65 Å². The Morgan fingerprint density at radius 1 is 1.55 bits per heavy atom. The second-order valence-corrected chi connectivity index (χ2v) is 2.43. The highest BCUT2D eigenvalue weighted by atomic mass is 15.1. The predicted molar refractivity (Wildman–Crippen MR) is 41.1 cm³/mol. The minimum atomic E-state index is 0.988. The Bertz CT molecular complexity index is 364. The molecule has 0 aliphatic carbocycles. The third-order valence-corrected chi connectivity index (χ3v) is 1.81. The van der Waals surface area contributed by atoms with E-state index in [-0.39, 0.29) is 0 Å². The van der Waals surface area contributed by atoms with Crippen molar-refractivity contribution in [2.24, 2.45) is 0 Å². The van der Waals surface area contributed by atoms with E-state index in [1.165, 1.54) is 0 Å². The summed E-state index contributed by atoms with van der Waals surface area (Å²) in [6.45, 7) is 3.11. The molecule has 0 aromatic carbocycles. The Balaban J connectivity index is 2.76. The number of imidazole rings is 1. The molecule has 56 valence electrons. The van der Waals surface area contributed by atoms with Crippen LogP contribution in [0.3, 0.4) is 0 Å². The lowest BCUT2D eigenvalue weighted by Gasteiger charge is -1.88. The molecule has 0 saturated carbocycles. The average molecular weight is 148 g/mol. The van der Waals surface area contributed by atoms with Crippen LogP contribution in [-0.4, -0.2) is 9.38 Å². The van der Waals surface area contributed by atoms with Gasteiger partial charge in [0.05, 0.1) is 12.7 Å². The quantitative estimate of drug-likeness (QED) is 0.544. The molecular formula is C8H10N3+. The summed E-state index contributed by atoms with van der Waals surface area (Å²) in [5, 5.41) is 0. The second kappa shape index (κ2) is 2.34. The van der Waals surface area contributed by atoms with E-state index in [1.54, 1.807) is 6.20 Å². The molecule has 0 atom stereocenters. The van der Waals surface area contributed by atoms with Crippen molar-refractivity contribution in [2.45, 2.75) is 13.5 Å². The largest absolute Gasteiger partial charge is 0.304 e. The topological polar surface area (TPSA) is 21.2 Å². The molecule has 2 aromatic rings. The first kappa shape index (κ1) is 6.34. The maximum absolute atomic E-state index is 4.05. The van der Waals surface area contributed by atoms with Crippen LogP contribution in [0, 0.1) is 0 Å². The summed E-state index contributed by atoms with van der Waals surface area (Å²) in [5.74, 6) is 0. The van der Waals surface area contributed by atoms with Gasteiger partial charge < -0.3 is 0 Å². The monoisotopic (exact) mass is 148 g/mol. The molecule has 0 saturated heterocycles. The summed E-state index contributed by atoms with van der Waals surface area (Å²) in [4.78, 5) is 4.05. The van der Waals surface area contributed by atoms with Crippen LogP contribution in [0.5, 0.6) is 0 Å². The summed E-state index contributed by atoms with van der Waals surface area (Å²) in [5.41, 5.74) is 1.13. The van der Waals surface area contributed by atoms with E-state index in [1.807, 2.05) is 18.6 Å². The molecule has 0 bridgehead atoms. The average Bonchev–Trinajstić information content (AvgIpc) is 2.47. The molecule has 0 radical (unpaired) electrons. The van der Waals surface area contributed by atoms with Crippen LogP contribution in [-0.2, 0) is 6.54 Å². The summed E-state index contributed by atoms with van der Waals surface area (Å²) >= 11 is 0. The van der Waals surface area contributed by atoms with Crippen molar-refractivity contribution in [3.8, 4) is 0 Å². The van der Waals surface area contributed by atoms with Gasteiger partial charge in [-0.05, 0) is 6.92 Å². The fraction of sp³-hybridized carbons (Fsp3) is 0.250. The van der Waals surface area contributed by atoms with Crippen LogP contribution in [0.15, 0.2) is 31.0 Å². The van der Waals surface area contributed by atoms with E-state index in [9.17, 15) is 0 Å². The molecule has 0 amide bonds. The van der Waals surface area contributed by atoms with Crippen molar-refractivity contribution in [1.82, 2.24) is 9.38 Å². The van der Waals surface area contributed by atoms with Crippen molar-refractivity contribution in [2.75, 3.05) is 0 Å². The van der Waals surface area contributed by atoms with E-state index >= 15 is 0 Å². The molecule has 11 heavy (non-hydrogen) atoms. The van der Waals surface area contributed by atoms with Crippen molar-refractivity contribution in [1.29, 1.82) is 0 Å². The zero-order chi connectivity index (χ0) is 7.68. The normalized spacial score (nSPS) is 10.6. The summed E-state index contributed by atoms with van der Waals surface area (Å²) in [6.07, 6.45) is 9.68. The number of rotatable bonds is 1. The Morgan fingerprint density at radius 2 is 2.45 bits per heavy atom. The SMILES string of the molecule is CC[n+]1ccn2ccncc21. The summed E-state index contributed by atoms with van der Waals surface area (Å²) in [6, 6.07) is 0. The summed E-state index contributed by atoms with van der Waals surface area (Å²) in [7, 11) is 0. The van der Waals surface area contributed by atoms with Crippen LogP contribution in [0.1, 0.15) is 6.92 Å². The van der Waals surface area contributed by atoms with Crippen molar-refractivity contribution < 1.29 is 4.57 Å². The van der Waals surface area contributed by atoms with Crippen LogP contribution in [0.2, 0.25) is 0 Å². The van der Waals surface area contributed by atoms with E-state index in [0.717, 1.165) is 12.2 Å². The molecule has 0 fully saturated rings. The van der Waals surface area contributed by atoms with Gasteiger partial charge in [-0.2, -0.15) is 4.40 Å². The maximum atomic E-state index is 4.05. The molecule has 2 aromatic heterocycles. The molecular weight excluding hydrogens is 138 g/mol. The molecule has 0 unspecified atom stereocenters. The smallest absolute Gasteiger partial charge is 0.252 e. The lowest BCUT2D eigenvalue weighted by Crippen LogP contribution is -2.30. The van der Waals surface area contributed by atoms with Gasteiger partial charge in [-0.1, -0.05) is 0 Å². The number of fused-ring (bicyclic) bond motifs is 1. The van der Waals surface area contributed by atoms with E-state index in [0.29, 0.717) is 0 Å². The van der Waals surface area contributed by atoms with Crippen LogP contribution >= 0.6 is 0 Å². The van der Waals surface area contributed by atoms with Gasteiger partial charge in [0.1, 0.15) is 24.8 Å². The molecule has 0 spiro atoms. The highest BCUT2D eigenvalue weighted by Gasteiger charge is 2.04. The predicted octanol–water partition coefficient (Wildman–Crippen LogP) is 0.642. The lowest BCUT2D eigenvalue weighted by molar-refractivity contribution is -0.667. The Hall–Kier alpha value is -1.38. The fourth-order valence-corrected chi connectivity index (χ4v) is 1.21. The van der Waals surface area contributed by atoms with Gasteiger partial charge in [0.15, 0.2) is 0 Å². The third kappa shape index (κ3) is 0.888. The first-order chi connectivity index (χ1) is 5.42. The minimum absolute atomic E-state index is 0.988. The van der Waals surface area contributed by atoms with Gasteiger partial charge in [0, 0.05) is 0 Å². The molecule has 0 aliphatic rings. The zero-order valence-corrected chi connectivity index (χ0v) is 6.44. The van der Waals surface area contributed by atoms with Crippen molar-refractivity contribution in [3.63, 3.8) is 0 Å². The highest BCUT2D eigenvalue weighted by Crippen LogP contribution is 1.93. The first-order valence-electron chi connectivity index (χ1n) is 3.72. The van der Waals surface area contributed by atoms with Gasteiger partial charge in [-0.3, -0.25) is 4.98 Å². The third-order valence-electron chi connectivity index (χ3n) is 1.81. The standard InChI is InChI=1S/C8H10N3/c1-2-10-5-6-11-4-3-9-7-8(10)11/h3-7H,2H2,1H3/q+1. The molecule has 2 rings (SSSR count). The second-order valence-electron chi connectivity index (χ2n) is 2.43. The number of hydrogen-bond donors (Lipinski definition) is 0. The Labute approximate surface area is 64.9 Å². The molecule has 2 heterocycles. The fourth-order valence-electron chi connectivity index (χ4n) is 1.21. The minimum Gasteiger partial charge on any atom is -0.252 e. The van der Waals surface area contributed by atoms with Gasteiger partial charge >= 0.3 is 5.65 Å². The number of aromatic nitrogens is 3. The molecule has 3 nitrogen and oxygen atoms in total. The van der Waals surface area contributed by atoms with Gasteiger partial charge in [-0.25, -0.2) is 4.57 Å². The molecule has 3 heteroatoms. The van der Waals surface area contributed by atoms with Gasteiger partial charge in [0.2, 0.25) is 0 Å². The van der Waals surface area contributed by atoms with Crippen LogP contribution in [0.25, 0.3) is 5.65 Å². The maximum Gasteiger partial charge on any atom is 0.304 e. The van der Waals surface area contributed by atoms with Gasteiger partial charge in [0.25, 0.3) is 0 Å². The number of hydrogen-bond acceptors (Lipinski definition) is 1. The van der Waals surface area contributed by atoms with Crippen LogP contribution in [0.4, 0.5) is 0 Å². The Kier molecular flexibility index (Phi) is 1.35. The van der Waals surface area contributed by atoms with Crippen molar-refractivity contribution in [3.05, 3.63) is 31.0 Å². The Morgan fingerprint density at radius 3 is 3.27 bits per heavy atom. The van der Waals surface area contributed by atoms with E-state index in [2.05, 4.69) is 27.1 Å². The van der Waals surface area contributed by atoms with E-state index in [4.69, 9.17) is 0 Å². The summed E-state index contributed by atoms with van der Waals surface area (Å²) < 4.78 is 4.20. The van der Waals surface area contributed by atoms with Gasteiger partial charge in [-0.15, -0.1) is 0 Å². The lowest BCUT2D eigenvalue weighted by atomic mass is 10.6.